The fraction of sp³-hybridized carbons (Fsp3) is 0.647. The molecule has 0 aromatic heterocycles. The zero-order valence-electron chi connectivity index (χ0n) is 13.3. The number of aliphatic hydroxyl groups is 1. The highest BCUT2D eigenvalue weighted by Crippen LogP contribution is 2.25. The summed E-state index contributed by atoms with van der Waals surface area (Å²) in [6.45, 7) is 7.60. The Morgan fingerprint density at radius 1 is 1.48 bits per heavy atom. The fourth-order valence-electron chi connectivity index (χ4n) is 2.80. The molecule has 1 aliphatic heterocycles. The molecular formula is C17H27NO3. The molecule has 4 heteroatoms. The maximum absolute atomic E-state index is 9.76. The smallest absolute Gasteiger partial charge is 0.123 e. The van der Waals surface area contributed by atoms with Crippen LogP contribution in [0.25, 0.3) is 0 Å². The Labute approximate surface area is 127 Å². The highest BCUT2D eigenvalue weighted by atomic mass is 16.5. The van der Waals surface area contributed by atoms with E-state index < -0.39 is 6.10 Å². The highest BCUT2D eigenvalue weighted by Gasteiger charge is 2.19. The van der Waals surface area contributed by atoms with Crippen molar-refractivity contribution in [3.05, 3.63) is 29.3 Å². The summed E-state index contributed by atoms with van der Waals surface area (Å²) in [5.74, 6) is 0.880. The molecule has 0 saturated carbocycles. The first-order chi connectivity index (χ1) is 10.1. The molecule has 2 unspecified atom stereocenters. The quantitative estimate of drug-likeness (QED) is 0.839. The van der Waals surface area contributed by atoms with Gasteiger partial charge < -0.3 is 14.6 Å². The van der Waals surface area contributed by atoms with Gasteiger partial charge in [-0.1, -0.05) is 13.0 Å². The van der Waals surface area contributed by atoms with Crippen LogP contribution in [0.5, 0.6) is 5.75 Å². The Morgan fingerprint density at radius 3 is 2.86 bits per heavy atom. The molecule has 1 saturated heterocycles. The summed E-state index contributed by atoms with van der Waals surface area (Å²) >= 11 is 0. The average Bonchev–Trinajstić information content (AvgIpc) is 2.99. The van der Waals surface area contributed by atoms with E-state index in [1.165, 1.54) is 6.42 Å². The van der Waals surface area contributed by atoms with Gasteiger partial charge in [-0.3, -0.25) is 4.90 Å². The Balaban J connectivity index is 2.08. The average molecular weight is 293 g/mol. The van der Waals surface area contributed by atoms with Crippen molar-refractivity contribution < 1.29 is 14.6 Å². The summed E-state index contributed by atoms with van der Waals surface area (Å²) in [7, 11) is 1.69. The molecule has 1 aromatic carbocycles. The number of nitrogens with zero attached hydrogens (tertiary/aromatic N) is 1. The molecule has 118 valence electrons. The predicted molar refractivity (Wildman–Crippen MR) is 83.6 cm³/mol. The Kier molecular flexibility index (Phi) is 6.03. The lowest BCUT2D eigenvalue weighted by Gasteiger charge is -2.25. The fourth-order valence-corrected chi connectivity index (χ4v) is 2.80. The van der Waals surface area contributed by atoms with E-state index in [-0.39, 0.29) is 0 Å². The van der Waals surface area contributed by atoms with Gasteiger partial charge in [0.25, 0.3) is 0 Å². The van der Waals surface area contributed by atoms with Crippen molar-refractivity contribution in [3.8, 4) is 5.75 Å². The van der Waals surface area contributed by atoms with Crippen molar-refractivity contribution in [1.82, 2.24) is 4.90 Å². The molecule has 21 heavy (non-hydrogen) atoms. The van der Waals surface area contributed by atoms with E-state index in [9.17, 15) is 5.11 Å². The third-order valence-electron chi connectivity index (χ3n) is 4.11. The van der Waals surface area contributed by atoms with Gasteiger partial charge in [0.15, 0.2) is 0 Å². The number of ether oxygens (including phenoxy) is 2. The van der Waals surface area contributed by atoms with Crippen LogP contribution < -0.4 is 4.74 Å². The van der Waals surface area contributed by atoms with Gasteiger partial charge in [-0.25, -0.2) is 0 Å². The molecular weight excluding hydrogens is 266 g/mol. The lowest BCUT2D eigenvalue weighted by Crippen LogP contribution is -2.31. The maximum Gasteiger partial charge on any atom is 0.123 e. The van der Waals surface area contributed by atoms with Crippen molar-refractivity contribution in [2.75, 3.05) is 26.8 Å². The third kappa shape index (κ3) is 4.43. The third-order valence-corrected chi connectivity index (χ3v) is 4.11. The van der Waals surface area contributed by atoms with E-state index in [4.69, 9.17) is 9.47 Å². The van der Waals surface area contributed by atoms with Crippen LogP contribution in [0.3, 0.4) is 0 Å². The first kappa shape index (κ1) is 16.3. The summed E-state index contributed by atoms with van der Waals surface area (Å²) < 4.78 is 11.2. The SMILES string of the molecule is CCN(Cc1cc(C(C)O)ccc1OC)CC1CCCO1. The zero-order chi connectivity index (χ0) is 15.2. The van der Waals surface area contributed by atoms with E-state index >= 15 is 0 Å². The molecule has 1 heterocycles. The maximum atomic E-state index is 9.76. The van der Waals surface area contributed by atoms with Gasteiger partial charge in [-0.2, -0.15) is 0 Å². The van der Waals surface area contributed by atoms with Crippen molar-refractivity contribution in [2.45, 2.75) is 45.4 Å². The van der Waals surface area contributed by atoms with Crippen molar-refractivity contribution in [2.24, 2.45) is 0 Å². The largest absolute Gasteiger partial charge is 0.496 e. The second-order valence-electron chi connectivity index (χ2n) is 5.71. The van der Waals surface area contributed by atoms with E-state index in [1.54, 1.807) is 14.0 Å². The van der Waals surface area contributed by atoms with Crippen LogP contribution in [0.4, 0.5) is 0 Å². The summed E-state index contributed by atoms with van der Waals surface area (Å²) in [5, 5.41) is 9.76. The molecule has 2 rings (SSSR count). The van der Waals surface area contributed by atoms with Gasteiger partial charge in [0.1, 0.15) is 5.75 Å². The molecule has 1 aliphatic rings. The molecule has 0 amide bonds. The number of hydrogen-bond donors (Lipinski definition) is 1. The van der Waals surface area contributed by atoms with Crippen LogP contribution >= 0.6 is 0 Å². The van der Waals surface area contributed by atoms with Crippen molar-refractivity contribution >= 4 is 0 Å². The topological polar surface area (TPSA) is 41.9 Å². The monoisotopic (exact) mass is 293 g/mol. The normalized spacial score (nSPS) is 20.0. The van der Waals surface area contributed by atoms with Crippen LogP contribution in [-0.2, 0) is 11.3 Å². The molecule has 0 bridgehead atoms. The van der Waals surface area contributed by atoms with Gasteiger partial charge in [0.05, 0.1) is 19.3 Å². The van der Waals surface area contributed by atoms with Crippen LogP contribution in [-0.4, -0.2) is 42.9 Å². The number of rotatable bonds is 7. The number of aliphatic hydroxyl groups excluding tert-OH is 1. The number of methoxy groups -OCH3 is 1. The first-order valence-corrected chi connectivity index (χ1v) is 7.82. The lowest BCUT2D eigenvalue weighted by molar-refractivity contribution is 0.0722. The summed E-state index contributed by atoms with van der Waals surface area (Å²) in [5.41, 5.74) is 2.05. The van der Waals surface area contributed by atoms with Crippen molar-refractivity contribution in [1.29, 1.82) is 0 Å². The minimum atomic E-state index is -0.456. The summed E-state index contributed by atoms with van der Waals surface area (Å²) in [6, 6.07) is 5.91. The van der Waals surface area contributed by atoms with Crippen LogP contribution in [0.1, 0.15) is 43.9 Å². The standard InChI is InChI=1S/C17H27NO3/c1-4-18(12-16-6-5-9-21-16)11-15-10-14(13(2)19)7-8-17(15)20-3/h7-8,10,13,16,19H,4-6,9,11-12H2,1-3H3. The minimum absolute atomic E-state index is 0.357. The van der Waals surface area contributed by atoms with E-state index in [2.05, 4.69) is 11.8 Å². The van der Waals surface area contributed by atoms with Crippen LogP contribution in [0, 0.1) is 0 Å². The second-order valence-corrected chi connectivity index (χ2v) is 5.71. The second kappa shape index (κ2) is 7.78. The lowest BCUT2D eigenvalue weighted by atomic mass is 10.1. The molecule has 2 atom stereocenters. The number of benzene rings is 1. The van der Waals surface area contributed by atoms with Gasteiger partial charge >= 0.3 is 0 Å². The van der Waals surface area contributed by atoms with Crippen molar-refractivity contribution in [3.63, 3.8) is 0 Å². The molecule has 1 aromatic rings. The Hall–Kier alpha value is -1.10. The Morgan fingerprint density at radius 2 is 2.29 bits per heavy atom. The predicted octanol–water partition coefficient (Wildman–Crippen LogP) is 2.75. The molecule has 1 fully saturated rings. The minimum Gasteiger partial charge on any atom is -0.496 e. The summed E-state index contributed by atoms with van der Waals surface area (Å²) in [4.78, 5) is 2.37. The van der Waals surface area contributed by atoms with Gasteiger partial charge in [0.2, 0.25) is 0 Å². The Bertz CT molecular complexity index is 442. The van der Waals surface area contributed by atoms with Crippen LogP contribution in [0.15, 0.2) is 18.2 Å². The molecule has 0 radical (unpaired) electrons. The van der Waals surface area contributed by atoms with Gasteiger partial charge in [-0.05, 0) is 44.0 Å². The van der Waals surface area contributed by atoms with E-state index in [0.717, 1.165) is 49.5 Å². The van der Waals surface area contributed by atoms with Crippen LogP contribution in [0.2, 0.25) is 0 Å². The van der Waals surface area contributed by atoms with E-state index in [0.29, 0.717) is 6.10 Å². The zero-order valence-corrected chi connectivity index (χ0v) is 13.3. The van der Waals surface area contributed by atoms with Gasteiger partial charge in [0, 0.05) is 25.3 Å². The van der Waals surface area contributed by atoms with E-state index in [1.807, 2.05) is 18.2 Å². The number of likely N-dealkylation sites (N-methyl/N-ethyl adjacent to an activating group) is 1. The molecule has 4 nitrogen and oxygen atoms in total. The summed E-state index contributed by atoms with van der Waals surface area (Å²) in [6.07, 6.45) is 2.23. The first-order valence-electron chi connectivity index (χ1n) is 7.82. The molecule has 1 N–H and O–H groups in total. The van der Waals surface area contributed by atoms with Gasteiger partial charge in [-0.15, -0.1) is 0 Å². The molecule has 0 spiro atoms. The molecule has 0 aliphatic carbocycles. The number of hydrogen-bond acceptors (Lipinski definition) is 4. The highest BCUT2D eigenvalue weighted by molar-refractivity contribution is 5.38.